The maximum atomic E-state index is 8.56. The summed E-state index contributed by atoms with van der Waals surface area (Å²) in [5, 5.41) is 15.8. The molecule has 12 heavy (non-hydrogen) atoms. The van der Waals surface area contributed by atoms with Gasteiger partial charge >= 0.3 is 0 Å². The van der Waals surface area contributed by atoms with Gasteiger partial charge in [-0.15, -0.1) is 0 Å². The molecule has 0 aliphatic rings. The molecule has 1 rings (SSSR count). The van der Waals surface area contributed by atoms with Gasteiger partial charge in [-0.3, -0.25) is 5.41 Å². The Balaban J connectivity index is 3.28. The fourth-order valence-electron chi connectivity index (χ4n) is 0.816. The molecule has 0 heterocycles. The summed E-state index contributed by atoms with van der Waals surface area (Å²) < 4.78 is 0.192. The van der Waals surface area contributed by atoms with Crippen LogP contribution in [0.15, 0.2) is 18.2 Å². The number of nitrogens with two attached hydrogens (primary N) is 1. The lowest BCUT2D eigenvalue weighted by molar-refractivity contribution is 1.47. The Hall–Kier alpha value is -1.34. The normalized spacial score (nSPS) is 9.00. The van der Waals surface area contributed by atoms with Gasteiger partial charge in [0, 0.05) is 11.3 Å². The zero-order chi connectivity index (χ0) is 9.14. The van der Waals surface area contributed by atoms with Crippen LogP contribution in [0.25, 0.3) is 0 Å². The van der Waals surface area contributed by atoms with Gasteiger partial charge in [-0.25, -0.2) is 0 Å². The van der Waals surface area contributed by atoms with E-state index < -0.39 is 0 Å². The molecule has 60 valence electrons. The average Bonchev–Trinajstić information content (AvgIpc) is 2.05. The number of halogens is 1. The lowest BCUT2D eigenvalue weighted by Gasteiger charge is -2.01. The highest BCUT2D eigenvalue weighted by Crippen LogP contribution is 2.16. The number of hydrogen-bond donors (Lipinski definition) is 2. The van der Waals surface area contributed by atoms with Gasteiger partial charge in [-0.05, 0) is 34.1 Å². The molecule has 0 aromatic heterocycles. The van der Waals surface area contributed by atoms with Crippen molar-refractivity contribution in [3.63, 3.8) is 0 Å². The van der Waals surface area contributed by atoms with Crippen LogP contribution < -0.4 is 5.73 Å². The van der Waals surface area contributed by atoms with Crippen LogP contribution in [0, 0.1) is 16.7 Å². The minimum atomic E-state index is 0.192. The summed E-state index contributed by atoms with van der Waals surface area (Å²) in [5.41, 5.74) is 7.11. The summed E-state index contributed by atoms with van der Waals surface area (Å²) >= 11 is 2.99. The molecule has 3 N–H and O–H groups in total. The fraction of sp³-hybridized carbons (Fsp3) is 0. The molecular formula is C8H6BrN3. The van der Waals surface area contributed by atoms with Crippen LogP contribution in [0.3, 0.4) is 0 Å². The third-order valence-corrected chi connectivity index (χ3v) is 1.85. The van der Waals surface area contributed by atoms with Crippen molar-refractivity contribution in [1.82, 2.24) is 0 Å². The summed E-state index contributed by atoms with van der Waals surface area (Å²) in [6.45, 7) is 0. The van der Waals surface area contributed by atoms with E-state index in [-0.39, 0.29) is 4.62 Å². The zero-order valence-electron chi connectivity index (χ0n) is 6.13. The van der Waals surface area contributed by atoms with E-state index in [1.807, 2.05) is 6.07 Å². The maximum Gasteiger partial charge on any atom is 0.106 e. The summed E-state index contributed by atoms with van der Waals surface area (Å²) in [6.07, 6.45) is 0. The van der Waals surface area contributed by atoms with E-state index in [0.717, 1.165) is 0 Å². The summed E-state index contributed by atoms with van der Waals surface area (Å²) in [6, 6.07) is 6.79. The number of nitrogens with zero attached hydrogens (tertiary/aromatic N) is 1. The Morgan fingerprint density at radius 2 is 2.25 bits per heavy atom. The van der Waals surface area contributed by atoms with Gasteiger partial charge in [0.2, 0.25) is 0 Å². The first-order valence-corrected chi connectivity index (χ1v) is 3.98. The number of hydrogen-bond acceptors (Lipinski definition) is 3. The highest BCUT2D eigenvalue weighted by molar-refractivity contribution is 9.18. The van der Waals surface area contributed by atoms with Gasteiger partial charge in [0.15, 0.2) is 0 Å². The number of nitrogen functional groups attached to an aromatic ring is 1. The van der Waals surface area contributed by atoms with Crippen molar-refractivity contribution in [3.8, 4) is 6.07 Å². The highest BCUT2D eigenvalue weighted by Gasteiger charge is 2.03. The Kier molecular flexibility index (Phi) is 2.46. The Morgan fingerprint density at radius 3 is 2.75 bits per heavy atom. The molecule has 0 amide bonds. The van der Waals surface area contributed by atoms with Gasteiger partial charge in [-0.1, -0.05) is 0 Å². The first kappa shape index (κ1) is 8.75. The third-order valence-electron chi connectivity index (χ3n) is 1.42. The second-order valence-electron chi connectivity index (χ2n) is 2.23. The van der Waals surface area contributed by atoms with E-state index in [1.165, 1.54) is 0 Å². The second-order valence-corrected chi connectivity index (χ2v) is 3.02. The molecule has 0 aliphatic carbocycles. The lowest BCUT2D eigenvalue weighted by Crippen LogP contribution is -1.97. The Morgan fingerprint density at radius 1 is 1.58 bits per heavy atom. The molecule has 0 saturated carbocycles. The molecule has 4 heteroatoms. The van der Waals surface area contributed by atoms with Gasteiger partial charge in [-0.2, -0.15) is 5.26 Å². The van der Waals surface area contributed by atoms with Crippen LogP contribution in [0.2, 0.25) is 0 Å². The molecule has 0 unspecified atom stereocenters. The Bertz CT molecular complexity index is 365. The van der Waals surface area contributed by atoms with Crippen molar-refractivity contribution < 1.29 is 0 Å². The third kappa shape index (κ3) is 1.63. The molecule has 0 radical (unpaired) electrons. The average molecular weight is 224 g/mol. The summed E-state index contributed by atoms with van der Waals surface area (Å²) in [7, 11) is 0. The molecular weight excluding hydrogens is 218 g/mol. The standard InChI is InChI=1S/C8H6BrN3/c9-8(12)6-3-5(4-10)1-2-7(6)11/h1-3,12H,11H2. The number of rotatable bonds is 1. The van der Waals surface area contributed by atoms with Crippen molar-refractivity contribution >= 4 is 26.2 Å². The van der Waals surface area contributed by atoms with E-state index in [4.69, 9.17) is 16.4 Å². The molecule has 0 fully saturated rings. The minimum absolute atomic E-state index is 0.192. The highest BCUT2D eigenvalue weighted by atomic mass is 79.9. The fourth-order valence-corrected chi connectivity index (χ4v) is 1.16. The predicted molar refractivity (Wildman–Crippen MR) is 51.3 cm³/mol. The van der Waals surface area contributed by atoms with E-state index in [0.29, 0.717) is 16.8 Å². The van der Waals surface area contributed by atoms with E-state index >= 15 is 0 Å². The topological polar surface area (TPSA) is 73.7 Å². The quantitative estimate of drug-likeness (QED) is 0.564. The second kappa shape index (κ2) is 3.37. The van der Waals surface area contributed by atoms with Gasteiger partial charge < -0.3 is 5.73 Å². The lowest BCUT2D eigenvalue weighted by atomic mass is 10.1. The number of nitriles is 1. The van der Waals surface area contributed by atoms with Crippen LogP contribution in [0.1, 0.15) is 11.1 Å². The molecule has 1 aromatic carbocycles. The molecule has 0 bridgehead atoms. The van der Waals surface area contributed by atoms with Crippen molar-refractivity contribution in [2.45, 2.75) is 0 Å². The first-order chi connectivity index (χ1) is 5.65. The molecule has 0 aliphatic heterocycles. The van der Waals surface area contributed by atoms with Crippen LogP contribution in [-0.4, -0.2) is 4.62 Å². The largest absolute Gasteiger partial charge is 0.398 e. The van der Waals surface area contributed by atoms with Gasteiger partial charge in [0.25, 0.3) is 0 Å². The molecule has 0 saturated heterocycles. The van der Waals surface area contributed by atoms with Crippen LogP contribution in [-0.2, 0) is 0 Å². The smallest absolute Gasteiger partial charge is 0.106 e. The monoisotopic (exact) mass is 223 g/mol. The summed E-state index contributed by atoms with van der Waals surface area (Å²) in [5.74, 6) is 0. The number of nitrogens with one attached hydrogen (secondary N) is 1. The van der Waals surface area contributed by atoms with Crippen molar-refractivity contribution in [2.24, 2.45) is 0 Å². The van der Waals surface area contributed by atoms with Crippen LogP contribution in [0.5, 0.6) is 0 Å². The summed E-state index contributed by atoms with van der Waals surface area (Å²) in [4.78, 5) is 0. The van der Waals surface area contributed by atoms with Gasteiger partial charge in [0.1, 0.15) is 4.62 Å². The maximum absolute atomic E-state index is 8.56. The predicted octanol–water partition coefficient (Wildman–Crippen LogP) is 1.86. The SMILES string of the molecule is N#Cc1ccc(N)c(C(=N)Br)c1. The molecule has 0 spiro atoms. The van der Waals surface area contributed by atoms with Crippen LogP contribution >= 0.6 is 15.9 Å². The zero-order valence-corrected chi connectivity index (χ0v) is 7.72. The van der Waals surface area contributed by atoms with E-state index in [2.05, 4.69) is 15.9 Å². The number of benzene rings is 1. The molecule has 3 nitrogen and oxygen atoms in total. The Labute approximate surface area is 78.4 Å². The molecule has 0 atom stereocenters. The van der Waals surface area contributed by atoms with Gasteiger partial charge in [0.05, 0.1) is 11.6 Å². The van der Waals surface area contributed by atoms with E-state index in [9.17, 15) is 0 Å². The number of anilines is 1. The van der Waals surface area contributed by atoms with Crippen molar-refractivity contribution in [1.29, 1.82) is 10.7 Å². The molecule has 1 aromatic rings. The minimum Gasteiger partial charge on any atom is -0.398 e. The van der Waals surface area contributed by atoms with Crippen molar-refractivity contribution in [3.05, 3.63) is 29.3 Å². The van der Waals surface area contributed by atoms with E-state index in [1.54, 1.807) is 18.2 Å². The van der Waals surface area contributed by atoms with Crippen molar-refractivity contribution in [2.75, 3.05) is 5.73 Å². The first-order valence-electron chi connectivity index (χ1n) is 3.19. The van der Waals surface area contributed by atoms with Crippen LogP contribution in [0.4, 0.5) is 5.69 Å².